The quantitative estimate of drug-likeness (QED) is 0.805. The van der Waals surface area contributed by atoms with Gasteiger partial charge in [0.2, 0.25) is 0 Å². The van der Waals surface area contributed by atoms with Crippen molar-refractivity contribution in [3.05, 3.63) is 35.2 Å². The highest BCUT2D eigenvalue weighted by atomic mass is 79.9. The minimum atomic E-state index is 0.503. The number of hydrogen-bond donors (Lipinski definition) is 0. The second-order valence-corrected chi connectivity index (χ2v) is 6.45. The first kappa shape index (κ1) is 13.0. The molecule has 2 aromatic heterocycles. The van der Waals surface area contributed by atoms with Gasteiger partial charge in [0.1, 0.15) is 5.03 Å². The Bertz CT molecular complexity index is 575. The van der Waals surface area contributed by atoms with E-state index in [1.165, 1.54) is 0 Å². The summed E-state index contributed by atoms with van der Waals surface area (Å²) >= 11 is 5.17. The maximum absolute atomic E-state index is 5.38. The highest BCUT2D eigenvalue weighted by Crippen LogP contribution is 2.28. The molecule has 1 unspecified atom stereocenters. The standard InChI is InChI=1S/C13H12BrN3OS/c14-10-5-9(6-15-7-10)13-16-3-1-12(17-13)19-11-2-4-18-8-11/h1,3,5-7,11H,2,4,8H2. The van der Waals surface area contributed by atoms with Gasteiger partial charge < -0.3 is 4.74 Å². The van der Waals surface area contributed by atoms with Gasteiger partial charge in [-0.25, -0.2) is 9.97 Å². The molecular weight excluding hydrogens is 326 g/mol. The van der Waals surface area contributed by atoms with E-state index in [2.05, 4.69) is 30.9 Å². The van der Waals surface area contributed by atoms with Crippen molar-refractivity contribution < 1.29 is 4.74 Å². The lowest BCUT2D eigenvalue weighted by atomic mass is 10.3. The molecule has 0 N–H and O–H groups in total. The molecular formula is C13H12BrN3OS. The van der Waals surface area contributed by atoms with Crippen LogP contribution in [0.3, 0.4) is 0 Å². The Morgan fingerprint density at radius 3 is 3.11 bits per heavy atom. The molecule has 1 aliphatic rings. The van der Waals surface area contributed by atoms with Gasteiger partial charge in [0, 0.05) is 40.5 Å². The Hall–Kier alpha value is -0.980. The Labute approximate surface area is 124 Å². The number of ether oxygens (including phenoxy) is 1. The predicted molar refractivity (Wildman–Crippen MR) is 78.0 cm³/mol. The first-order valence-corrected chi connectivity index (χ1v) is 7.67. The molecule has 2 aromatic rings. The van der Waals surface area contributed by atoms with Crippen LogP contribution in [-0.2, 0) is 4.74 Å². The summed E-state index contributed by atoms with van der Waals surface area (Å²) in [6, 6.07) is 3.91. The molecule has 98 valence electrons. The third-order valence-electron chi connectivity index (χ3n) is 2.77. The van der Waals surface area contributed by atoms with Gasteiger partial charge in [-0.15, -0.1) is 11.8 Å². The van der Waals surface area contributed by atoms with Crippen LogP contribution in [0.2, 0.25) is 0 Å². The molecule has 1 fully saturated rings. The van der Waals surface area contributed by atoms with Crippen molar-refractivity contribution in [1.29, 1.82) is 0 Å². The normalized spacial score (nSPS) is 18.7. The van der Waals surface area contributed by atoms with Crippen LogP contribution >= 0.6 is 27.7 Å². The predicted octanol–water partition coefficient (Wildman–Crippen LogP) is 3.18. The maximum atomic E-state index is 5.38. The second-order valence-electron chi connectivity index (χ2n) is 4.21. The number of hydrogen-bond acceptors (Lipinski definition) is 5. The van der Waals surface area contributed by atoms with Crippen LogP contribution in [0.25, 0.3) is 11.4 Å². The van der Waals surface area contributed by atoms with Gasteiger partial charge in [-0.3, -0.25) is 4.98 Å². The van der Waals surface area contributed by atoms with E-state index < -0.39 is 0 Å². The van der Waals surface area contributed by atoms with Crippen LogP contribution in [0.15, 0.2) is 40.2 Å². The van der Waals surface area contributed by atoms with E-state index >= 15 is 0 Å². The summed E-state index contributed by atoms with van der Waals surface area (Å²) in [5, 5.41) is 1.49. The zero-order valence-corrected chi connectivity index (χ0v) is 12.5. The van der Waals surface area contributed by atoms with E-state index in [4.69, 9.17) is 4.74 Å². The van der Waals surface area contributed by atoms with Crippen LogP contribution in [0.1, 0.15) is 6.42 Å². The Morgan fingerprint density at radius 2 is 2.32 bits per heavy atom. The van der Waals surface area contributed by atoms with E-state index in [9.17, 15) is 0 Å². The van der Waals surface area contributed by atoms with Gasteiger partial charge in [0.05, 0.1) is 6.61 Å². The van der Waals surface area contributed by atoms with Crippen LogP contribution in [0.4, 0.5) is 0 Å². The Morgan fingerprint density at radius 1 is 1.37 bits per heavy atom. The molecule has 0 saturated carbocycles. The van der Waals surface area contributed by atoms with E-state index in [1.807, 2.05) is 12.1 Å². The fourth-order valence-corrected chi connectivity index (χ4v) is 3.22. The number of aromatic nitrogens is 3. The molecule has 1 atom stereocenters. The molecule has 4 nitrogen and oxygen atoms in total. The van der Waals surface area contributed by atoms with Crippen LogP contribution in [0.5, 0.6) is 0 Å². The first-order chi connectivity index (χ1) is 9.31. The summed E-state index contributed by atoms with van der Waals surface area (Å²) < 4.78 is 6.31. The number of pyridine rings is 1. The average molecular weight is 338 g/mol. The second kappa shape index (κ2) is 5.98. The fourth-order valence-electron chi connectivity index (χ4n) is 1.86. The Balaban J connectivity index is 1.82. The van der Waals surface area contributed by atoms with Crippen molar-refractivity contribution in [2.24, 2.45) is 0 Å². The third kappa shape index (κ3) is 3.32. The zero-order chi connectivity index (χ0) is 13.1. The number of halogens is 1. The molecule has 19 heavy (non-hydrogen) atoms. The van der Waals surface area contributed by atoms with Crippen molar-refractivity contribution in [3.8, 4) is 11.4 Å². The van der Waals surface area contributed by atoms with Crippen molar-refractivity contribution in [2.45, 2.75) is 16.7 Å². The minimum Gasteiger partial charge on any atom is -0.380 e. The molecule has 6 heteroatoms. The van der Waals surface area contributed by atoms with Crippen molar-refractivity contribution in [3.63, 3.8) is 0 Å². The molecule has 3 rings (SSSR count). The van der Waals surface area contributed by atoms with Gasteiger partial charge in [-0.2, -0.15) is 0 Å². The van der Waals surface area contributed by atoms with Gasteiger partial charge in [-0.05, 0) is 34.5 Å². The molecule has 0 amide bonds. The molecule has 0 aromatic carbocycles. The zero-order valence-electron chi connectivity index (χ0n) is 10.1. The largest absolute Gasteiger partial charge is 0.380 e. The third-order valence-corrected chi connectivity index (χ3v) is 4.38. The van der Waals surface area contributed by atoms with Crippen LogP contribution < -0.4 is 0 Å². The molecule has 1 saturated heterocycles. The van der Waals surface area contributed by atoms with Crippen LogP contribution in [-0.4, -0.2) is 33.4 Å². The molecule has 0 aliphatic carbocycles. The monoisotopic (exact) mass is 337 g/mol. The first-order valence-electron chi connectivity index (χ1n) is 5.99. The summed E-state index contributed by atoms with van der Waals surface area (Å²) in [7, 11) is 0. The fraction of sp³-hybridized carbons (Fsp3) is 0.308. The van der Waals surface area contributed by atoms with E-state index in [1.54, 1.807) is 30.4 Å². The number of thioether (sulfide) groups is 1. The molecule has 0 radical (unpaired) electrons. The number of rotatable bonds is 3. The summed E-state index contributed by atoms with van der Waals surface area (Å²) in [4.78, 5) is 13.0. The average Bonchev–Trinajstić information content (AvgIpc) is 2.92. The topological polar surface area (TPSA) is 47.9 Å². The van der Waals surface area contributed by atoms with Crippen molar-refractivity contribution in [1.82, 2.24) is 15.0 Å². The smallest absolute Gasteiger partial charge is 0.161 e. The molecule has 3 heterocycles. The van der Waals surface area contributed by atoms with Gasteiger partial charge >= 0.3 is 0 Å². The summed E-state index contributed by atoms with van der Waals surface area (Å²) in [6.45, 7) is 1.66. The number of nitrogens with zero attached hydrogens (tertiary/aromatic N) is 3. The minimum absolute atomic E-state index is 0.503. The summed E-state index contributed by atoms with van der Waals surface area (Å²) in [5.74, 6) is 0.706. The molecule has 1 aliphatic heterocycles. The SMILES string of the molecule is Brc1cncc(-c2nccc(SC3CCOC3)n2)c1. The van der Waals surface area contributed by atoms with Crippen LogP contribution in [0, 0.1) is 0 Å². The van der Waals surface area contributed by atoms with Gasteiger partial charge in [-0.1, -0.05) is 0 Å². The van der Waals surface area contributed by atoms with E-state index in [0.29, 0.717) is 11.1 Å². The highest BCUT2D eigenvalue weighted by molar-refractivity contribution is 9.10. The van der Waals surface area contributed by atoms with Gasteiger partial charge in [0.15, 0.2) is 5.82 Å². The molecule has 0 spiro atoms. The lowest BCUT2D eigenvalue weighted by molar-refractivity contribution is 0.199. The summed E-state index contributed by atoms with van der Waals surface area (Å²) in [5.41, 5.74) is 0.916. The van der Waals surface area contributed by atoms with Gasteiger partial charge in [0.25, 0.3) is 0 Å². The molecule has 0 bridgehead atoms. The summed E-state index contributed by atoms with van der Waals surface area (Å²) in [6.07, 6.45) is 6.40. The maximum Gasteiger partial charge on any atom is 0.161 e. The highest BCUT2D eigenvalue weighted by Gasteiger charge is 2.17. The lowest BCUT2D eigenvalue weighted by Crippen LogP contribution is -2.01. The lowest BCUT2D eigenvalue weighted by Gasteiger charge is -2.07. The van der Waals surface area contributed by atoms with E-state index in [-0.39, 0.29) is 0 Å². The van der Waals surface area contributed by atoms with E-state index in [0.717, 1.165) is 34.7 Å². The van der Waals surface area contributed by atoms with Crippen molar-refractivity contribution in [2.75, 3.05) is 13.2 Å². The Kier molecular flexibility index (Phi) is 4.10. The van der Waals surface area contributed by atoms with Crippen molar-refractivity contribution >= 4 is 27.7 Å².